The molecule has 3 rings (SSSR count). The lowest BCUT2D eigenvalue weighted by Crippen LogP contribution is -2.47. The Labute approximate surface area is 105 Å². The van der Waals surface area contributed by atoms with Gasteiger partial charge in [0.2, 0.25) is 0 Å². The molecule has 0 radical (unpaired) electrons. The molecule has 3 nitrogen and oxygen atoms in total. The average Bonchev–Trinajstić information content (AvgIpc) is 2.37. The third kappa shape index (κ3) is 1.94. The first-order valence-corrected chi connectivity index (χ1v) is 6.48. The number of nitrogens with zero attached hydrogens (tertiary/aromatic N) is 1. The van der Waals surface area contributed by atoms with Gasteiger partial charge in [0.15, 0.2) is 11.6 Å². The molecule has 0 bridgehead atoms. The minimum absolute atomic E-state index is 0.0813. The molecule has 0 aromatic carbocycles. The van der Waals surface area contributed by atoms with Crippen molar-refractivity contribution in [2.45, 2.75) is 37.7 Å². The summed E-state index contributed by atoms with van der Waals surface area (Å²) >= 11 is 0. The second kappa shape index (κ2) is 4.43. The fraction of sp³-hybridized carbons (Fsp3) is 0.571. The Morgan fingerprint density at radius 1 is 1.50 bits per heavy atom. The molecule has 1 aromatic rings. The Morgan fingerprint density at radius 3 is 3.00 bits per heavy atom. The number of rotatable bonds is 2. The maximum atomic E-state index is 13.6. The van der Waals surface area contributed by atoms with Crippen LogP contribution in [0.25, 0.3) is 0 Å². The monoisotopic (exact) mass is 249 g/mol. The summed E-state index contributed by atoms with van der Waals surface area (Å²) in [5, 5.41) is 0. The summed E-state index contributed by atoms with van der Waals surface area (Å²) in [7, 11) is 0. The summed E-state index contributed by atoms with van der Waals surface area (Å²) in [6.07, 6.45) is 7.26. The Bertz CT molecular complexity index is 471. The highest BCUT2D eigenvalue weighted by molar-refractivity contribution is 5.98. The van der Waals surface area contributed by atoms with Gasteiger partial charge in [-0.05, 0) is 38.2 Å². The number of hydrogen-bond acceptors (Lipinski definition) is 3. The van der Waals surface area contributed by atoms with E-state index in [9.17, 15) is 9.18 Å². The highest BCUT2D eigenvalue weighted by Crippen LogP contribution is 2.44. The Morgan fingerprint density at radius 2 is 2.33 bits per heavy atom. The molecule has 1 saturated carbocycles. The largest absolute Gasteiger partial charge is 0.375 e. The summed E-state index contributed by atoms with van der Waals surface area (Å²) in [6, 6.07) is 1.47. The molecular weight excluding hydrogens is 233 g/mol. The molecule has 2 fully saturated rings. The Hall–Kier alpha value is -1.29. The molecule has 1 aliphatic carbocycles. The summed E-state index contributed by atoms with van der Waals surface area (Å²) in [6.45, 7) is 0.614. The number of carbonyl (C=O) groups excluding carboxylic acids is 1. The van der Waals surface area contributed by atoms with Crippen LogP contribution in [0.1, 0.15) is 42.5 Å². The third-order valence-corrected chi connectivity index (χ3v) is 4.17. The van der Waals surface area contributed by atoms with Crippen molar-refractivity contribution in [2.24, 2.45) is 5.92 Å². The second-order valence-electron chi connectivity index (χ2n) is 5.29. The van der Waals surface area contributed by atoms with Crippen LogP contribution in [0, 0.1) is 11.7 Å². The molecule has 2 heterocycles. The van der Waals surface area contributed by atoms with E-state index in [-0.39, 0.29) is 22.9 Å². The van der Waals surface area contributed by atoms with Gasteiger partial charge in [-0.25, -0.2) is 4.39 Å². The normalized spacial score (nSPS) is 25.7. The van der Waals surface area contributed by atoms with Crippen LogP contribution in [0.5, 0.6) is 0 Å². The zero-order valence-corrected chi connectivity index (χ0v) is 10.2. The number of ether oxygens (including phenoxy) is 1. The van der Waals surface area contributed by atoms with Crippen LogP contribution in [-0.2, 0) is 4.74 Å². The van der Waals surface area contributed by atoms with Crippen molar-refractivity contribution >= 4 is 5.78 Å². The van der Waals surface area contributed by atoms with Crippen LogP contribution >= 0.6 is 0 Å². The number of pyridine rings is 1. The fourth-order valence-electron chi connectivity index (χ4n) is 2.97. The van der Waals surface area contributed by atoms with Gasteiger partial charge in [0.25, 0.3) is 0 Å². The summed E-state index contributed by atoms with van der Waals surface area (Å²) in [5.74, 6) is -0.711. The third-order valence-electron chi connectivity index (χ3n) is 4.17. The highest BCUT2D eigenvalue weighted by Gasteiger charge is 2.44. The quantitative estimate of drug-likeness (QED) is 0.756. The SMILES string of the molecule is O=C(c1ccncc1F)C1CCOC2(CCC2)C1. The van der Waals surface area contributed by atoms with E-state index in [2.05, 4.69) is 4.98 Å². The lowest BCUT2D eigenvalue weighted by molar-refractivity contribution is -0.137. The van der Waals surface area contributed by atoms with Gasteiger partial charge >= 0.3 is 0 Å². The maximum Gasteiger partial charge on any atom is 0.169 e. The standard InChI is InChI=1S/C14H16FNO2/c15-12-9-16-6-2-11(12)13(17)10-3-7-18-14(8-10)4-1-5-14/h2,6,9-10H,1,3-5,7-8H2. The van der Waals surface area contributed by atoms with Gasteiger partial charge in [-0.1, -0.05) is 0 Å². The molecule has 1 unspecified atom stereocenters. The van der Waals surface area contributed by atoms with Crippen molar-refractivity contribution in [3.05, 3.63) is 29.8 Å². The molecular formula is C14H16FNO2. The lowest BCUT2D eigenvalue weighted by atomic mass is 9.70. The Balaban J connectivity index is 1.78. The molecule has 1 aliphatic heterocycles. The van der Waals surface area contributed by atoms with Crippen molar-refractivity contribution in [1.82, 2.24) is 4.98 Å². The zero-order valence-electron chi connectivity index (χ0n) is 10.2. The van der Waals surface area contributed by atoms with Crippen molar-refractivity contribution < 1.29 is 13.9 Å². The average molecular weight is 249 g/mol. The predicted octanol–water partition coefficient (Wildman–Crippen LogP) is 2.75. The van der Waals surface area contributed by atoms with E-state index in [1.807, 2.05) is 0 Å². The molecule has 96 valence electrons. The number of halogens is 1. The molecule has 1 spiro atoms. The molecule has 1 saturated heterocycles. The topological polar surface area (TPSA) is 39.2 Å². The number of Topliss-reactive ketones (excluding diaryl/α,β-unsaturated/α-hetero) is 1. The van der Waals surface area contributed by atoms with Gasteiger partial charge < -0.3 is 4.74 Å². The molecule has 1 atom stereocenters. The van der Waals surface area contributed by atoms with E-state index in [4.69, 9.17) is 4.74 Å². The van der Waals surface area contributed by atoms with Gasteiger partial charge in [0.05, 0.1) is 17.4 Å². The maximum absolute atomic E-state index is 13.6. The molecule has 0 N–H and O–H groups in total. The highest BCUT2D eigenvalue weighted by atomic mass is 19.1. The van der Waals surface area contributed by atoms with E-state index >= 15 is 0 Å². The van der Waals surface area contributed by atoms with Crippen molar-refractivity contribution in [3.8, 4) is 0 Å². The van der Waals surface area contributed by atoms with Crippen LogP contribution in [-0.4, -0.2) is 23.0 Å². The Kier molecular flexibility index (Phi) is 2.90. The number of aromatic nitrogens is 1. The van der Waals surface area contributed by atoms with Gasteiger partial charge in [0.1, 0.15) is 0 Å². The van der Waals surface area contributed by atoms with Crippen molar-refractivity contribution in [1.29, 1.82) is 0 Å². The molecule has 1 aromatic heterocycles. The molecule has 4 heteroatoms. The van der Waals surface area contributed by atoms with E-state index in [0.29, 0.717) is 13.0 Å². The van der Waals surface area contributed by atoms with Crippen LogP contribution in [0.4, 0.5) is 4.39 Å². The van der Waals surface area contributed by atoms with Gasteiger partial charge in [-0.15, -0.1) is 0 Å². The molecule has 18 heavy (non-hydrogen) atoms. The number of ketones is 1. The van der Waals surface area contributed by atoms with Crippen molar-refractivity contribution in [3.63, 3.8) is 0 Å². The zero-order chi connectivity index (χ0) is 12.6. The summed E-state index contributed by atoms with van der Waals surface area (Å²) in [5.41, 5.74) is 0.0913. The van der Waals surface area contributed by atoms with Gasteiger partial charge in [-0.2, -0.15) is 0 Å². The predicted molar refractivity (Wildman–Crippen MR) is 63.8 cm³/mol. The van der Waals surface area contributed by atoms with Crippen LogP contribution in [0.2, 0.25) is 0 Å². The minimum Gasteiger partial charge on any atom is -0.375 e. The van der Waals surface area contributed by atoms with E-state index in [1.165, 1.54) is 18.7 Å². The number of carbonyl (C=O) groups is 1. The minimum atomic E-state index is -0.517. The van der Waals surface area contributed by atoms with E-state index < -0.39 is 5.82 Å². The van der Waals surface area contributed by atoms with Crippen LogP contribution in [0.15, 0.2) is 18.5 Å². The second-order valence-corrected chi connectivity index (χ2v) is 5.29. The molecule has 2 aliphatic rings. The summed E-state index contributed by atoms with van der Waals surface area (Å²) in [4.78, 5) is 16.0. The number of hydrogen-bond donors (Lipinski definition) is 0. The fourth-order valence-corrected chi connectivity index (χ4v) is 2.97. The van der Waals surface area contributed by atoms with Gasteiger partial charge in [-0.3, -0.25) is 9.78 Å². The first-order chi connectivity index (χ1) is 8.70. The summed E-state index contributed by atoms with van der Waals surface area (Å²) < 4.78 is 19.4. The lowest BCUT2D eigenvalue weighted by Gasteiger charge is -2.46. The van der Waals surface area contributed by atoms with Crippen LogP contribution in [0.3, 0.4) is 0 Å². The van der Waals surface area contributed by atoms with Crippen molar-refractivity contribution in [2.75, 3.05) is 6.61 Å². The van der Waals surface area contributed by atoms with Gasteiger partial charge in [0, 0.05) is 18.7 Å². The molecule has 0 amide bonds. The first-order valence-electron chi connectivity index (χ1n) is 6.48. The first kappa shape index (κ1) is 11.8. The van der Waals surface area contributed by atoms with E-state index in [0.717, 1.165) is 25.5 Å². The smallest absolute Gasteiger partial charge is 0.169 e. The van der Waals surface area contributed by atoms with Crippen LogP contribution < -0.4 is 0 Å². The van der Waals surface area contributed by atoms with E-state index in [1.54, 1.807) is 0 Å².